The van der Waals surface area contributed by atoms with Crippen LogP contribution >= 0.6 is 0 Å². The van der Waals surface area contributed by atoms with Crippen LogP contribution in [-0.4, -0.2) is 31.2 Å². The Morgan fingerprint density at radius 2 is 1.83 bits per heavy atom. The number of carbonyl (C=O) groups is 1. The van der Waals surface area contributed by atoms with E-state index in [9.17, 15) is 4.79 Å². The monoisotopic (exact) mass is 317 g/mol. The number of rotatable bonds is 9. The van der Waals surface area contributed by atoms with Crippen molar-refractivity contribution in [3.05, 3.63) is 35.5 Å². The minimum absolute atomic E-state index is 0.0471. The van der Waals surface area contributed by atoms with E-state index < -0.39 is 0 Å². The van der Waals surface area contributed by atoms with Crippen LogP contribution in [0.15, 0.2) is 35.0 Å². The molecule has 0 bridgehead atoms. The van der Waals surface area contributed by atoms with Gasteiger partial charge in [0.15, 0.2) is 5.78 Å². The van der Waals surface area contributed by atoms with E-state index in [1.165, 1.54) is 6.92 Å². The predicted octanol–water partition coefficient (Wildman–Crippen LogP) is 2.54. The topological polar surface area (TPSA) is 90.7 Å². The summed E-state index contributed by atoms with van der Waals surface area (Å²) in [6, 6.07) is 7.35. The Kier molecular flexibility index (Phi) is 8.22. The zero-order valence-electron chi connectivity index (χ0n) is 14.3. The fourth-order valence-corrected chi connectivity index (χ4v) is 2.32. The van der Waals surface area contributed by atoms with Crippen LogP contribution in [-0.2, 0) is 4.79 Å². The number of ketones is 1. The second-order valence-corrected chi connectivity index (χ2v) is 5.34. The number of benzene rings is 1. The summed E-state index contributed by atoms with van der Waals surface area (Å²) in [7, 11) is 0. The molecule has 0 amide bonds. The van der Waals surface area contributed by atoms with Crippen molar-refractivity contribution in [1.29, 1.82) is 0 Å². The summed E-state index contributed by atoms with van der Waals surface area (Å²) >= 11 is 0. The first-order valence-electron chi connectivity index (χ1n) is 7.95. The molecular formula is C18H27N3O2. The first-order valence-corrected chi connectivity index (χ1v) is 7.95. The summed E-state index contributed by atoms with van der Waals surface area (Å²) in [5.74, 6) is 0.677. The summed E-state index contributed by atoms with van der Waals surface area (Å²) in [5.41, 5.74) is 14.2. The molecule has 0 heterocycles. The van der Waals surface area contributed by atoms with Crippen molar-refractivity contribution in [2.45, 2.75) is 33.6 Å². The fraction of sp³-hybridized carbons (Fsp3) is 0.444. The van der Waals surface area contributed by atoms with E-state index in [1.807, 2.05) is 31.2 Å². The standard InChI is InChI=1S/C18H27N3O2/c1-4-5-13(2)21-17(12-20)18(14(3)22)15-6-8-16(9-7-15)23-11-10-19/h6-9H,4-5,10-12,19-20H2,1-3H3/b18-17+,21-13?. The van der Waals surface area contributed by atoms with Crippen molar-refractivity contribution in [1.82, 2.24) is 0 Å². The number of carbonyl (C=O) groups excluding carboxylic acids is 1. The Morgan fingerprint density at radius 3 is 2.30 bits per heavy atom. The molecule has 0 aliphatic heterocycles. The van der Waals surface area contributed by atoms with Gasteiger partial charge in [-0.15, -0.1) is 0 Å². The average molecular weight is 317 g/mol. The lowest BCUT2D eigenvalue weighted by molar-refractivity contribution is -0.111. The summed E-state index contributed by atoms with van der Waals surface area (Å²) < 4.78 is 5.46. The summed E-state index contributed by atoms with van der Waals surface area (Å²) in [6.45, 7) is 6.74. The van der Waals surface area contributed by atoms with Crippen LogP contribution in [0.2, 0.25) is 0 Å². The second-order valence-electron chi connectivity index (χ2n) is 5.34. The van der Waals surface area contributed by atoms with Crippen LogP contribution in [0.25, 0.3) is 5.57 Å². The number of Topliss-reactive ketones (excluding diaryl/α,β-unsaturated/α-hetero) is 1. The quantitative estimate of drug-likeness (QED) is 0.541. The third kappa shape index (κ3) is 5.96. The number of nitrogens with zero attached hydrogens (tertiary/aromatic N) is 1. The molecule has 0 fully saturated rings. The van der Waals surface area contributed by atoms with Crippen LogP contribution in [0.1, 0.15) is 39.2 Å². The van der Waals surface area contributed by atoms with Crippen LogP contribution < -0.4 is 16.2 Å². The summed E-state index contributed by atoms with van der Waals surface area (Å²) in [4.78, 5) is 16.7. The lowest BCUT2D eigenvalue weighted by atomic mass is 10.00. The maximum Gasteiger partial charge on any atom is 0.162 e. The minimum atomic E-state index is -0.0471. The van der Waals surface area contributed by atoms with Crippen molar-refractivity contribution in [3.63, 3.8) is 0 Å². The molecule has 1 aromatic rings. The van der Waals surface area contributed by atoms with E-state index >= 15 is 0 Å². The van der Waals surface area contributed by atoms with Gasteiger partial charge in [-0.3, -0.25) is 9.79 Å². The van der Waals surface area contributed by atoms with E-state index in [1.54, 1.807) is 0 Å². The highest BCUT2D eigenvalue weighted by Crippen LogP contribution is 2.23. The molecule has 0 aliphatic rings. The first-order chi connectivity index (χ1) is 11.0. The van der Waals surface area contributed by atoms with Crippen LogP contribution in [0, 0.1) is 0 Å². The Bertz CT molecular complexity index is 574. The van der Waals surface area contributed by atoms with Crippen molar-refractivity contribution in [2.75, 3.05) is 19.7 Å². The van der Waals surface area contributed by atoms with Gasteiger partial charge >= 0.3 is 0 Å². The molecule has 0 atom stereocenters. The molecule has 5 nitrogen and oxygen atoms in total. The highest BCUT2D eigenvalue weighted by Gasteiger charge is 2.13. The van der Waals surface area contributed by atoms with Gasteiger partial charge in [0, 0.05) is 24.4 Å². The van der Waals surface area contributed by atoms with E-state index in [0.717, 1.165) is 29.9 Å². The van der Waals surface area contributed by atoms with Crippen molar-refractivity contribution >= 4 is 17.1 Å². The molecule has 0 unspecified atom stereocenters. The molecule has 0 spiro atoms. The predicted molar refractivity (Wildman–Crippen MR) is 95.7 cm³/mol. The second kappa shape index (κ2) is 9.92. The van der Waals surface area contributed by atoms with E-state index in [2.05, 4.69) is 11.9 Å². The molecule has 0 aliphatic carbocycles. The Labute approximate surface area is 138 Å². The molecule has 0 saturated carbocycles. The maximum atomic E-state index is 12.1. The molecule has 0 saturated heterocycles. The largest absolute Gasteiger partial charge is 0.492 e. The average Bonchev–Trinajstić information content (AvgIpc) is 2.53. The summed E-state index contributed by atoms with van der Waals surface area (Å²) in [6.07, 6.45) is 1.90. The van der Waals surface area contributed by atoms with E-state index in [0.29, 0.717) is 24.4 Å². The fourth-order valence-electron chi connectivity index (χ4n) is 2.32. The molecule has 126 valence electrons. The van der Waals surface area contributed by atoms with Gasteiger partial charge in [0.25, 0.3) is 0 Å². The number of aliphatic imine (C=N–C) groups is 1. The van der Waals surface area contributed by atoms with Gasteiger partial charge in [0.2, 0.25) is 0 Å². The van der Waals surface area contributed by atoms with Crippen molar-refractivity contribution < 1.29 is 9.53 Å². The van der Waals surface area contributed by atoms with Gasteiger partial charge in [-0.2, -0.15) is 0 Å². The third-order valence-electron chi connectivity index (χ3n) is 3.30. The number of hydrogen-bond donors (Lipinski definition) is 2. The van der Waals surface area contributed by atoms with Crippen LogP contribution in [0.5, 0.6) is 5.75 Å². The molecule has 5 heteroatoms. The maximum absolute atomic E-state index is 12.1. The Balaban J connectivity index is 3.20. The van der Waals surface area contributed by atoms with Crippen LogP contribution in [0.3, 0.4) is 0 Å². The number of allylic oxidation sites excluding steroid dienone is 1. The zero-order chi connectivity index (χ0) is 17.2. The molecule has 1 aromatic carbocycles. The molecule has 4 N–H and O–H groups in total. The van der Waals surface area contributed by atoms with Gasteiger partial charge < -0.3 is 16.2 Å². The highest BCUT2D eigenvalue weighted by atomic mass is 16.5. The van der Waals surface area contributed by atoms with Gasteiger partial charge in [-0.05, 0) is 38.0 Å². The SMILES string of the molecule is CCCC(C)=N/C(CN)=C(\C(C)=O)c1ccc(OCCN)cc1. The minimum Gasteiger partial charge on any atom is -0.492 e. The molecular weight excluding hydrogens is 290 g/mol. The van der Waals surface area contributed by atoms with E-state index in [-0.39, 0.29) is 12.3 Å². The van der Waals surface area contributed by atoms with Crippen LogP contribution in [0.4, 0.5) is 0 Å². The zero-order valence-corrected chi connectivity index (χ0v) is 14.3. The van der Waals surface area contributed by atoms with Gasteiger partial charge in [0.05, 0.1) is 5.70 Å². The highest BCUT2D eigenvalue weighted by molar-refractivity contribution is 6.20. The number of nitrogens with two attached hydrogens (primary N) is 2. The Hall–Kier alpha value is -1.98. The van der Waals surface area contributed by atoms with Gasteiger partial charge in [-0.25, -0.2) is 0 Å². The van der Waals surface area contributed by atoms with Gasteiger partial charge in [-0.1, -0.05) is 25.5 Å². The lowest BCUT2D eigenvalue weighted by Gasteiger charge is -2.11. The third-order valence-corrected chi connectivity index (χ3v) is 3.30. The van der Waals surface area contributed by atoms with Gasteiger partial charge in [0.1, 0.15) is 12.4 Å². The Morgan fingerprint density at radius 1 is 1.17 bits per heavy atom. The normalized spacial score (nSPS) is 12.8. The smallest absolute Gasteiger partial charge is 0.162 e. The first kappa shape index (κ1) is 19.1. The van der Waals surface area contributed by atoms with E-state index in [4.69, 9.17) is 16.2 Å². The molecule has 23 heavy (non-hydrogen) atoms. The molecule has 1 rings (SSSR count). The molecule has 0 radical (unpaired) electrons. The lowest BCUT2D eigenvalue weighted by Crippen LogP contribution is -2.11. The summed E-state index contributed by atoms with van der Waals surface area (Å²) in [5, 5.41) is 0. The molecule has 0 aromatic heterocycles. The number of ether oxygens (including phenoxy) is 1. The number of hydrogen-bond acceptors (Lipinski definition) is 5. The van der Waals surface area contributed by atoms with Crippen molar-refractivity contribution in [3.8, 4) is 5.75 Å². The van der Waals surface area contributed by atoms with Crippen molar-refractivity contribution in [2.24, 2.45) is 16.5 Å².